The second-order valence-electron chi connectivity index (χ2n) is 9.65. The van der Waals surface area contributed by atoms with Crippen molar-refractivity contribution in [2.45, 2.75) is 43.5 Å². The number of aromatic amines is 1. The van der Waals surface area contributed by atoms with Crippen molar-refractivity contribution in [3.63, 3.8) is 0 Å². The molecule has 0 amide bonds. The molecule has 35 heavy (non-hydrogen) atoms. The van der Waals surface area contributed by atoms with E-state index in [1.807, 2.05) is 30.3 Å². The Hall–Kier alpha value is -3.72. The van der Waals surface area contributed by atoms with Gasteiger partial charge in [-0.05, 0) is 23.0 Å². The number of hydrogen-bond donors (Lipinski definition) is 2. The van der Waals surface area contributed by atoms with Gasteiger partial charge in [-0.1, -0.05) is 68.1 Å². The Balaban J connectivity index is 1.51. The third-order valence-corrected chi connectivity index (χ3v) is 7.30. The number of nitrogens with zero attached hydrogens (tertiary/aromatic N) is 2. The van der Waals surface area contributed by atoms with Gasteiger partial charge in [0.25, 0.3) is 11.2 Å². The minimum atomic E-state index is -0.476. The molecule has 9 heteroatoms. The maximum absolute atomic E-state index is 13.4. The third kappa shape index (κ3) is 4.51. The molecule has 2 aliphatic rings. The van der Waals surface area contributed by atoms with Crippen LogP contribution in [0.5, 0.6) is 0 Å². The molecule has 2 aromatic carbocycles. The van der Waals surface area contributed by atoms with E-state index in [0.29, 0.717) is 40.7 Å². The van der Waals surface area contributed by atoms with Gasteiger partial charge in [0.2, 0.25) is 0 Å². The van der Waals surface area contributed by atoms with Crippen molar-refractivity contribution >= 4 is 29.1 Å². The van der Waals surface area contributed by atoms with E-state index in [4.69, 9.17) is 4.98 Å². The standard InChI is InChI=1S/C26H24N4O4S/c1-26(2)12-18-21(19(31)13-26)20(16-6-4-3-5-7-16)22-23(27-18)28-25(29-24(22)32)35-14-15-8-10-17(11-9-15)30(33)34/h3-11,20H,12-14H2,1-2H3,(H2,27,28,29,32)/t20-/m0/s1. The van der Waals surface area contributed by atoms with Crippen LogP contribution in [0.25, 0.3) is 0 Å². The summed E-state index contributed by atoms with van der Waals surface area (Å²) < 4.78 is 0. The highest BCUT2D eigenvalue weighted by atomic mass is 32.2. The smallest absolute Gasteiger partial charge is 0.269 e. The van der Waals surface area contributed by atoms with Crippen LogP contribution >= 0.6 is 11.8 Å². The highest BCUT2D eigenvalue weighted by Crippen LogP contribution is 2.47. The predicted octanol–water partition coefficient (Wildman–Crippen LogP) is 5.17. The largest absolute Gasteiger partial charge is 0.343 e. The number of non-ortho nitro benzene ring substituents is 1. The number of nitro groups is 1. The molecule has 1 aromatic heterocycles. The summed E-state index contributed by atoms with van der Waals surface area (Å²) in [7, 11) is 0. The number of rotatable bonds is 5. The number of benzene rings is 2. The van der Waals surface area contributed by atoms with Gasteiger partial charge in [0, 0.05) is 41.5 Å². The summed E-state index contributed by atoms with van der Waals surface area (Å²) in [6, 6.07) is 15.9. The van der Waals surface area contributed by atoms with Crippen LogP contribution in [-0.4, -0.2) is 20.7 Å². The van der Waals surface area contributed by atoms with Gasteiger partial charge >= 0.3 is 0 Å². The predicted molar refractivity (Wildman–Crippen MR) is 134 cm³/mol. The topological polar surface area (TPSA) is 118 Å². The van der Waals surface area contributed by atoms with E-state index >= 15 is 0 Å². The molecule has 2 N–H and O–H groups in total. The van der Waals surface area contributed by atoms with Crippen molar-refractivity contribution in [3.05, 3.63) is 103 Å². The minimum Gasteiger partial charge on any atom is -0.343 e. The molecular formula is C26H24N4O4S. The fourth-order valence-electron chi connectivity index (χ4n) is 4.81. The van der Waals surface area contributed by atoms with Crippen molar-refractivity contribution in [2.75, 3.05) is 5.32 Å². The molecule has 2 heterocycles. The average Bonchev–Trinajstić information content (AvgIpc) is 2.81. The van der Waals surface area contributed by atoms with Crippen molar-refractivity contribution in [2.24, 2.45) is 5.41 Å². The van der Waals surface area contributed by atoms with Gasteiger partial charge in [-0.2, -0.15) is 0 Å². The number of thioether (sulfide) groups is 1. The maximum Gasteiger partial charge on any atom is 0.269 e. The first-order valence-electron chi connectivity index (χ1n) is 11.3. The van der Waals surface area contributed by atoms with Crippen LogP contribution < -0.4 is 10.9 Å². The van der Waals surface area contributed by atoms with E-state index in [1.54, 1.807) is 12.1 Å². The zero-order valence-corrected chi connectivity index (χ0v) is 20.1. The third-order valence-electron chi connectivity index (χ3n) is 6.36. The second-order valence-corrected chi connectivity index (χ2v) is 10.6. The van der Waals surface area contributed by atoms with Crippen molar-refractivity contribution in [1.29, 1.82) is 0 Å². The van der Waals surface area contributed by atoms with Crippen LogP contribution in [0.4, 0.5) is 11.5 Å². The van der Waals surface area contributed by atoms with E-state index in [1.165, 1.54) is 23.9 Å². The first-order valence-corrected chi connectivity index (χ1v) is 12.3. The Labute approximate surface area is 206 Å². The van der Waals surface area contributed by atoms with Crippen LogP contribution in [-0.2, 0) is 10.5 Å². The van der Waals surface area contributed by atoms with Gasteiger partial charge in [-0.25, -0.2) is 4.98 Å². The van der Waals surface area contributed by atoms with Crippen molar-refractivity contribution in [3.8, 4) is 0 Å². The van der Waals surface area contributed by atoms with E-state index in [9.17, 15) is 19.7 Å². The maximum atomic E-state index is 13.4. The molecule has 1 atom stereocenters. The molecule has 0 bridgehead atoms. The molecule has 0 fully saturated rings. The number of Topliss-reactive ketones (excluding diaryl/α,β-unsaturated/α-hetero) is 1. The molecule has 178 valence electrons. The number of carbonyl (C=O) groups is 1. The number of H-pyrrole nitrogens is 1. The normalized spacial score (nSPS) is 18.5. The number of ketones is 1. The summed E-state index contributed by atoms with van der Waals surface area (Å²) in [5.74, 6) is 0.537. The van der Waals surface area contributed by atoms with Crippen molar-refractivity contribution < 1.29 is 9.72 Å². The molecule has 0 radical (unpaired) electrons. The second kappa shape index (κ2) is 8.81. The molecular weight excluding hydrogens is 464 g/mol. The monoisotopic (exact) mass is 488 g/mol. The molecule has 5 rings (SSSR count). The molecule has 0 spiro atoms. The average molecular weight is 489 g/mol. The lowest BCUT2D eigenvalue weighted by atomic mass is 9.69. The van der Waals surface area contributed by atoms with Gasteiger partial charge in [0.15, 0.2) is 10.9 Å². The lowest BCUT2D eigenvalue weighted by Gasteiger charge is -2.38. The number of allylic oxidation sites excluding steroid dienone is 2. The number of nitrogens with one attached hydrogen (secondary N) is 2. The summed E-state index contributed by atoms with van der Waals surface area (Å²) in [5, 5.41) is 14.6. The number of carbonyl (C=O) groups excluding carboxylic acids is 1. The van der Waals surface area contributed by atoms with Crippen LogP contribution in [0.15, 0.2) is 75.8 Å². The van der Waals surface area contributed by atoms with Crippen LogP contribution in [0.1, 0.15) is 49.3 Å². The Bertz CT molecular complexity index is 1410. The Morgan fingerprint density at radius 3 is 2.49 bits per heavy atom. The summed E-state index contributed by atoms with van der Waals surface area (Å²) in [5.41, 5.74) is 3.25. The summed E-state index contributed by atoms with van der Waals surface area (Å²) >= 11 is 1.34. The first kappa shape index (κ1) is 23.0. The fraction of sp³-hybridized carbons (Fsp3) is 0.269. The highest BCUT2D eigenvalue weighted by Gasteiger charge is 2.42. The summed E-state index contributed by atoms with van der Waals surface area (Å²) in [4.78, 5) is 44.6. The summed E-state index contributed by atoms with van der Waals surface area (Å²) in [6.45, 7) is 4.14. The fourth-order valence-corrected chi connectivity index (χ4v) is 5.62. The van der Waals surface area contributed by atoms with E-state index in [0.717, 1.165) is 16.8 Å². The van der Waals surface area contributed by atoms with Gasteiger partial charge in [0.05, 0.1) is 10.5 Å². The zero-order chi connectivity index (χ0) is 24.7. The first-order chi connectivity index (χ1) is 16.7. The Morgan fingerprint density at radius 1 is 1.09 bits per heavy atom. The van der Waals surface area contributed by atoms with Gasteiger partial charge in [0.1, 0.15) is 5.82 Å². The highest BCUT2D eigenvalue weighted by molar-refractivity contribution is 7.98. The molecule has 1 aliphatic heterocycles. The molecule has 8 nitrogen and oxygen atoms in total. The van der Waals surface area contributed by atoms with Gasteiger partial charge in [-0.3, -0.25) is 19.7 Å². The Morgan fingerprint density at radius 2 is 1.80 bits per heavy atom. The number of hydrogen-bond acceptors (Lipinski definition) is 7. The lowest BCUT2D eigenvalue weighted by molar-refractivity contribution is -0.384. The number of nitro benzene ring substituents is 1. The number of fused-ring (bicyclic) bond motifs is 1. The minimum absolute atomic E-state index is 0.0317. The summed E-state index contributed by atoms with van der Waals surface area (Å²) in [6.07, 6.45) is 1.12. The van der Waals surface area contributed by atoms with Crippen LogP contribution in [0.2, 0.25) is 0 Å². The number of anilines is 1. The van der Waals surface area contributed by atoms with Crippen LogP contribution in [0, 0.1) is 15.5 Å². The van der Waals surface area contributed by atoms with Gasteiger partial charge < -0.3 is 10.3 Å². The molecule has 0 saturated heterocycles. The quantitative estimate of drug-likeness (QED) is 0.220. The van der Waals surface area contributed by atoms with Crippen molar-refractivity contribution in [1.82, 2.24) is 9.97 Å². The number of aromatic nitrogens is 2. The molecule has 1 aliphatic carbocycles. The molecule has 0 unspecified atom stereocenters. The Kier molecular flexibility index (Phi) is 5.80. The SMILES string of the molecule is CC1(C)CC(=O)C2=C(C1)Nc1nc(SCc3ccc([N+](=O)[O-])cc3)[nH]c(=O)c1[C@H]2c1ccccc1. The molecule has 3 aromatic rings. The van der Waals surface area contributed by atoms with E-state index < -0.39 is 10.8 Å². The van der Waals surface area contributed by atoms with Gasteiger partial charge in [-0.15, -0.1) is 0 Å². The van der Waals surface area contributed by atoms with E-state index in [2.05, 4.69) is 24.1 Å². The lowest BCUT2D eigenvalue weighted by Crippen LogP contribution is -2.37. The molecule has 0 saturated carbocycles. The zero-order valence-electron chi connectivity index (χ0n) is 19.3. The van der Waals surface area contributed by atoms with E-state index in [-0.39, 0.29) is 22.4 Å². The van der Waals surface area contributed by atoms with Crippen LogP contribution in [0.3, 0.4) is 0 Å².